The van der Waals surface area contributed by atoms with Gasteiger partial charge in [-0.2, -0.15) is 0 Å². The maximum atomic E-state index is 11.8. The highest BCUT2D eigenvalue weighted by Gasteiger charge is 2.09. The van der Waals surface area contributed by atoms with E-state index < -0.39 is 0 Å². The molecule has 0 aliphatic carbocycles. The molecular weight excluding hydrogens is 519 g/mol. The first-order valence-electron chi connectivity index (χ1n) is 10.8. The standard InChI is InChI=1S/C24H34N4O3.HI/c1-5-10-23(29)28-20-12-9-11-19(15-20)17-27-24(25-6-2)26-16-18(3)31-22-14-8-7-13-21(22)30-4;/h7-9,11-15,18H,5-6,10,16-17H2,1-4H3,(H,28,29)(H2,25,26,27);1H. The number of aliphatic imine (C=N–C) groups is 1. The quantitative estimate of drug-likeness (QED) is 0.215. The van der Waals surface area contributed by atoms with Crippen LogP contribution in [-0.2, 0) is 11.3 Å². The average molecular weight is 554 g/mol. The number of guanidine groups is 1. The van der Waals surface area contributed by atoms with Gasteiger partial charge in [-0.15, -0.1) is 24.0 Å². The van der Waals surface area contributed by atoms with Crippen LogP contribution in [0.5, 0.6) is 11.5 Å². The minimum Gasteiger partial charge on any atom is -0.493 e. The fourth-order valence-corrected chi connectivity index (χ4v) is 2.93. The first kappa shape index (κ1) is 27.5. The molecule has 0 radical (unpaired) electrons. The lowest BCUT2D eigenvalue weighted by molar-refractivity contribution is -0.116. The van der Waals surface area contributed by atoms with Crippen LogP contribution in [0.15, 0.2) is 53.5 Å². The highest BCUT2D eigenvalue weighted by Crippen LogP contribution is 2.26. The smallest absolute Gasteiger partial charge is 0.224 e. The van der Waals surface area contributed by atoms with E-state index in [1.165, 1.54) is 0 Å². The molecule has 0 heterocycles. The van der Waals surface area contributed by atoms with E-state index in [2.05, 4.69) is 20.9 Å². The zero-order chi connectivity index (χ0) is 22.5. The molecule has 7 nitrogen and oxygen atoms in total. The van der Waals surface area contributed by atoms with Crippen molar-refractivity contribution in [1.29, 1.82) is 0 Å². The monoisotopic (exact) mass is 554 g/mol. The Balaban J connectivity index is 0.00000512. The first-order valence-corrected chi connectivity index (χ1v) is 10.8. The van der Waals surface area contributed by atoms with Gasteiger partial charge in [-0.05, 0) is 50.1 Å². The molecule has 8 heteroatoms. The van der Waals surface area contributed by atoms with E-state index in [1.807, 2.05) is 69.3 Å². The summed E-state index contributed by atoms with van der Waals surface area (Å²) in [6.07, 6.45) is 1.26. The van der Waals surface area contributed by atoms with Crippen molar-refractivity contribution in [2.24, 2.45) is 4.99 Å². The number of methoxy groups -OCH3 is 1. The van der Waals surface area contributed by atoms with Gasteiger partial charge in [0.15, 0.2) is 17.5 Å². The van der Waals surface area contributed by atoms with E-state index in [4.69, 9.17) is 9.47 Å². The summed E-state index contributed by atoms with van der Waals surface area (Å²) in [6, 6.07) is 15.4. The van der Waals surface area contributed by atoms with Gasteiger partial charge in [0.1, 0.15) is 6.10 Å². The minimum absolute atomic E-state index is 0. The van der Waals surface area contributed by atoms with E-state index in [9.17, 15) is 4.79 Å². The van der Waals surface area contributed by atoms with Gasteiger partial charge >= 0.3 is 0 Å². The first-order chi connectivity index (χ1) is 15.0. The zero-order valence-corrected chi connectivity index (χ0v) is 21.6. The number of ether oxygens (including phenoxy) is 2. The second kappa shape index (κ2) is 15.3. The third-order valence-corrected chi connectivity index (χ3v) is 4.41. The van der Waals surface area contributed by atoms with Gasteiger partial charge in [0.05, 0.1) is 20.2 Å². The number of halogens is 1. The summed E-state index contributed by atoms with van der Waals surface area (Å²) in [4.78, 5) is 16.5. The van der Waals surface area contributed by atoms with Crippen molar-refractivity contribution in [2.75, 3.05) is 25.5 Å². The van der Waals surface area contributed by atoms with Crippen LogP contribution < -0.4 is 25.4 Å². The summed E-state index contributed by atoms with van der Waals surface area (Å²) < 4.78 is 11.3. The Morgan fingerprint density at radius 2 is 1.81 bits per heavy atom. The SMILES string of the molecule is CCCC(=O)Nc1cccc(CN=C(NCC)NCC(C)Oc2ccccc2OC)c1.I. The molecule has 0 aromatic heterocycles. The normalized spacial score (nSPS) is 11.7. The number of anilines is 1. The minimum atomic E-state index is -0.0859. The number of hydrogen-bond donors (Lipinski definition) is 3. The van der Waals surface area contributed by atoms with Crippen molar-refractivity contribution in [1.82, 2.24) is 10.6 Å². The van der Waals surface area contributed by atoms with E-state index in [0.29, 0.717) is 37.0 Å². The molecule has 0 aliphatic rings. The van der Waals surface area contributed by atoms with Crippen LogP contribution in [0.4, 0.5) is 5.69 Å². The molecule has 0 bridgehead atoms. The highest BCUT2D eigenvalue weighted by atomic mass is 127. The topological polar surface area (TPSA) is 84.0 Å². The zero-order valence-electron chi connectivity index (χ0n) is 19.3. The summed E-state index contributed by atoms with van der Waals surface area (Å²) in [5.41, 5.74) is 1.81. The van der Waals surface area contributed by atoms with Crippen LogP contribution in [0, 0.1) is 0 Å². The number of hydrogen-bond acceptors (Lipinski definition) is 4. The molecule has 0 spiro atoms. The maximum absolute atomic E-state index is 11.8. The van der Waals surface area contributed by atoms with Gasteiger partial charge in [-0.1, -0.05) is 31.2 Å². The van der Waals surface area contributed by atoms with Crippen molar-refractivity contribution in [3.05, 3.63) is 54.1 Å². The lowest BCUT2D eigenvalue weighted by atomic mass is 10.2. The lowest BCUT2D eigenvalue weighted by Gasteiger charge is -2.19. The molecule has 2 rings (SSSR count). The second-order valence-electron chi connectivity index (χ2n) is 7.15. The number of carbonyl (C=O) groups excluding carboxylic acids is 1. The lowest BCUT2D eigenvalue weighted by Crippen LogP contribution is -2.41. The van der Waals surface area contributed by atoms with Gasteiger partial charge in [0.2, 0.25) is 5.91 Å². The van der Waals surface area contributed by atoms with Crippen molar-refractivity contribution in [2.45, 2.75) is 46.3 Å². The van der Waals surface area contributed by atoms with Gasteiger partial charge in [-0.3, -0.25) is 4.79 Å². The maximum Gasteiger partial charge on any atom is 0.224 e. The predicted octanol–water partition coefficient (Wildman–Crippen LogP) is 4.57. The Kier molecular flexibility index (Phi) is 13.2. The Labute approximate surface area is 208 Å². The van der Waals surface area contributed by atoms with Crippen LogP contribution in [0.2, 0.25) is 0 Å². The van der Waals surface area contributed by atoms with E-state index in [1.54, 1.807) is 7.11 Å². The molecule has 0 fully saturated rings. The number of nitrogens with one attached hydrogen (secondary N) is 3. The van der Waals surface area contributed by atoms with E-state index in [-0.39, 0.29) is 36.0 Å². The van der Waals surface area contributed by atoms with Crippen LogP contribution in [-0.4, -0.2) is 38.2 Å². The predicted molar refractivity (Wildman–Crippen MR) is 141 cm³/mol. The summed E-state index contributed by atoms with van der Waals surface area (Å²) in [5.74, 6) is 2.16. The molecule has 0 aliphatic heterocycles. The Bertz CT molecular complexity index is 861. The van der Waals surface area contributed by atoms with Crippen molar-refractivity contribution >= 4 is 41.5 Å². The Hall–Kier alpha value is -2.49. The molecule has 1 atom stereocenters. The molecule has 176 valence electrons. The molecule has 2 aromatic carbocycles. The number of nitrogens with zero attached hydrogens (tertiary/aromatic N) is 1. The summed E-state index contributed by atoms with van der Waals surface area (Å²) in [7, 11) is 1.63. The number of carbonyl (C=O) groups is 1. The Morgan fingerprint density at radius 1 is 1.06 bits per heavy atom. The van der Waals surface area contributed by atoms with E-state index in [0.717, 1.165) is 24.2 Å². The second-order valence-corrected chi connectivity index (χ2v) is 7.15. The number of rotatable bonds is 11. The summed E-state index contributed by atoms with van der Waals surface area (Å²) >= 11 is 0. The van der Waals surface area contributed by atoms with Gasteiger partial charge < -0.3 is 25.4 Å². The molecule has 32 heavy (non-hydrogen) atoms. The van der Waals surface area contributed by atoms with Gasteiger partial charge in [0, 0.05) is 18.7 Å². The number of para-hydroxylation sites is 2. The molecule has 2 aromatic rings. The third-order valence-electron chi connectivity index (χ3n) is 4.41. The fourth-order valence-electron chi connectivity index (χ4n) is 2.93. The Morgan fingerprint density at radius 3 is 2.50 bits per heavy atom. The molecule has 1 unspecified atom stereocenters. The highest BCUT2D eigenvalue weighted by molar-refractivity contribution is 14.0. The van der Waals surface area contributed by atoms with Crippen molar-refractivity contribution < 1.29 is 14.3 Å². The van der Waals surface area contributed by atoms with E-state index >= 15 is 0 Å². The average Bonchev–Trinajstić information content (AvgIpc) is 2.76. The van der Waals surface area contributed by atoms with Gasteiger partial charge in [-0.25, -0.2) is 4.99 Å². The number of amides is 1. The molecule has 3 N–H and O–H groups in total. The van der Waals surface area contributed by atoms with Crippen LogP contribution in [0.25, 0.3) is 0 Å². The number of benzene rings is 2. The summed E-state index contributed by atoms with van der Waals surface area (Å²) in [6.45, 7) is 7.83. The van der Waals surface area contributed by atoms with Crippen LogP contribution in [0.3, 0.4) is 0 Å². The molecule has 0 saturated carbocycles. The van der Waals surface area contributed by atoms with Crippen LogP contribution >= 0.6 is 24.0 Å². The van der Waals surface area contributed by atoms with Crippen molar-refractivity contribution in [3.63, 3.8) is 0 Å². The fraction of sp³-hybridized carbons (Fsp3) is 0.417. The third kappa shape index (κ3) is 9.76. The largest absolute Gasteiger partial charge is 0.493 e. The molecular formula is C24H35IN4O3. The van der Waals surface area contributed by atoms with Crippen LogP contribution in [0.1, 0.15) is 39.2 Å². The van der Waals surface area contributed by atoms with Crippen molar-refractivity contribution in [3.8, 4) is 11.5 Å². The molecule has 0 saturated heterocycles. The molecule has 1 amide bonds. The van der Waals surface area contributed by atoms with Gasteiger partial charge in [0.25, 0.3) is 0 Å². The summed E-state index contributed by atoms with van der Waals surface area (Å²) in [5, 5.41) is 9.49.